The van der Waals surface area contributed by atoms with Gasteiger partial charge in [-0.1, -0.05) is 19.3 Å². The van der Waals surface area contributed by atoms with Crippen molar-refractivity contribution in [3.05, 3.63) is 0 Å². The maximum atomic E-state index is 12.2. The lowest BCUT2D eigenvalue weighted by Crippen LogP contribution is -2.48. The van der Waals surface area contributed by atoms with Gasteiger partial charge in [-0.05, 0) is 25.2 Å². The first kappa shape index (κ1) is 11.3. The maximum Gasteiger partial charge on any atom is 0.317 e. The molecule has 0 aromatic carbocycles. The molecule has 2 amide bonds. The van der Waals surface area contributed by atoms with Crippen molar-refractivity contribution in [2.45, 2.75) is 50.6 Å². The van der Waals surface area contributed by atoms with Crippen molar-refractivity contribution in [1.29, 1.82) is 0 Å². The minimum atomic E-state index is 0.188. The van der Waals surface area contributed by atoms with Crippen LogP contribution >= 0.6 is 0 Å². The van der Waals surface area contributed by atoms with Crippen molar-refractivity contribution in [1.82, 2.24) is 15.5 Å². The third-order valence-corrected chi connectivity index (χ3v) is 4.64. The molecule has 1 saturated carbocycles. The smallest absolute Gasteiger partial charge is 0.317 e. The molecule has 3 fully saturated rings. The molecular weight excluding hydrogens is 214 g/mol. The van der Waals surface area contributed by atoms with Gasteiger partial charge in [0.05, 0.1) is 0 Å². The Morgan fingerprint density at radius 2 is 1.94 bits per heavy atom. The van der Waals surface area contributed by atoms with E-state index in [0.717, 1.165) is 19.6 Å². The second-order valence-electron chi connectivity index (χ2n) is 5.75. The van der Waals surface area contributed by atoms with Crippen molar-refractivity contribution >= 4 is 6.03 Å². The molecule has 2 N–H and O–H groups in total. The van der Waals surface area contributed by atoms with Crippen molar-refractivity contribution in [2.24, 2.45) is 5.92 Å². The van der Waals surface area contributed by atoms with E-state index in [0.29, 0.717) is 18.0 Å². The van der Waals surface area contributed by atoms with Crippen LogP contribution in [0.5, 0.6) is 0 Å². The first-order valence-corrected chi connectivity index (χ1v) is 7.12. The standard InChI is InChI=1S/C13H23N3O/c17-13(15-11-4-2-1-3-5-11)16-7-6-10-8-14-9-12(10)16/h10-12,14H,1-9H2,(H,15,17)/t10-,12+/m0/s1. The van der Waals surface area contributed by atoms with Gasteiger partial charge in [0.1, 0.15) is 0 Å². The van der Waals surface area contributed by atoms with Crippen LogP contribution in [0.15, 0.2) is 0 Å². The normalized spacial score (nSPS) is 33.8. The lowest BCUT2D eigenvalue weighted by molar-refractivity contribution is 0.185. The molecule has 17 heavy (non-hydrogen) atoms. The van der Waals surface area contributed by atoms with Gasteiger partial charge in [0, 0.05) is 31.7 Å². The van der Waals surface area contributed by atoms with E-state index in [-0.39, 0.29) is 6.03 Å². The molecule has 2 saturated heterocycles. The lowest BCUT2D eigenvalue weighted by atomic mass is 9.96. The zero-order chi connectivity index (χ0) is 11.7. The minimum Gasteiger partial charge on any atom is -0.335 e. The Labute approximate surface area is 103 Å². The highest BCUT2D eigenvalue weighted by Crippen LogP contribution is 2.27. The molecule has 1 aliphatic carbocycles. The SMILES string of the molecule is O=C(NC1CCCCC1)N1CC[C@H]2CNC[C@H]21. The van der Waals surface area contributed by atoms with Crippen LogP contribution in [0.2, 0.25) is 0 Å². The topological polar surface area (TPSA) is 44.4 Å². The largest absolute Gasteiger partial charge is 0.335 e. The van der Waals surface area contributed by atoms with E-state index < -0.39 is 0 Å². The number of carbonyl (C=O) groups excluding carboxylic acids is 1. The zero-order valence-corrected chi connectivity index (χ0v) is 10.5. The third kappa shape index (κ3) is 2.28. The summed E-state index contributed by atoms with van der Waals surface area (Å²) in [6.45, 7) is 3.04. The summed E-state index contributed by atoms with van der Waals surface area (Å²) in [5, 5.41) is 6.62. The van der Waals surface area contributed by atoms with Gasteiger partial charge in [-0.3, -0.25) is 0 Å². The Morgan fingerprint density at radius 1 is 1.12 bits per heavy atom. The molecule has 3 rings (SSSR count). The fraction of sp³-hybridized carbons (Fsp3) is 0.923. The van der Waals surface area contributed by atoms with Crippen LogP contribution in [0.25, 0.3) is 0 Å². The van der Waals surface area contributed by atoms with E-state index >= 15 is 0 Å². The first-order chi connectivity index (χ1) is 8.34. The van der Waals surface area contributed by atoms with Gasteiger partial charge in [0.2, 0.25) is 0 Å². The number of urea groups is 1. The van der Waals surface area contributed by atoms with E-state index in [4.69, 9.17) is 0 Å². The molecule has 0 bridgehead atoms. The van der Waals surface area contributed by atoms with Crippen LogP contribution in [-0.4, -0.2) is 42.6 Å². The second kappa shape index (κ2) is 4.84. The molecule has 0 unspecified atom stereocenters. The molecule has 4 nitrogen and oxygen atoms in total. The quantitative estimate of drug-likeness (QED) is 0.722. The van der Waals surface area contributed by atoms with Gasteiger partial charge in [-0.2, -0.15) is 0 Å². The molecular formula is C13H23N3O. The molecule has 3 aliphatic rings. The average molecular weight is 237 g/mol. The van der Waals surface area contributed by atoms with Crippen molar-refractivity contribution in [2.75, 3.05) is 19.6 Å². The van der Waals surface area contributed by atoms with Crippen LogP contribution in [-0.2, 0) is 0 Å². The maximum absolute atomic E-state index is 12.2. The number of amides is 2. The highest BCUT2D eigenvalue weighted by molar-refractivity contribution is 5.75. The molecule has 0 radical (unpaired) electrons. The lowest BCUT2D eigenvalue weighted by Gasteiger charge is -2.28. The van der Waals surface area contributed by atoms with Crippen molar-refractivity contribution in [3.8, 4) is 0 Å². The van der Waals surface area contributed by atoms with E-state index in [1.165, 1.54) is 38.5 Å². The van der Waals surface area contributed by atoms with Crippen LogP contribution in [0, 0.1) is 5.92 Å². The van der Waals surface area contributed by atoms with E-state index in [1.807, 2.05) is 0 Å². The molecule has 0 aromatic heterocycles. The van der Waals surface area contributed by atoms with Gasteiger partial charge < -0.3 is 15.5 Å². The Bertz CT molecular complexity index is 288. The van der Waals surface area contributed by atoms with Gasteiger partial charge in [0.25, 0.3) is 0 Å². The summed E-state index contributed by atoms with van der Waals surface area (Å²) in [5.41, 5.74) is 0. The van der Waals surface area contributed by atoms with Gasteiger partial charge in [-0.25, -0.2) is 4.79 Å². The Balaban J connectivity index is 1.55. The van der Waals surface area contributed by atoms with Gasteiger partial charge in [0.15, 0.2) is 0 Å². The van der Waals surface area contributed by atoms with Crippen LogP contribution < -0.4 is 10.6 Å². The van der Waals surface area contributed by atoms with E-state index in [1.54, 1.807) is 0 Å². The summed E-state index contributed by atoms with van der Waals surface area (Å²) >= 11 is 0. The van der Waals surface area contributed by atoms with Gasteiger partial charge in [-0.15, -0.1) is 0 Å². The molecule has 96 valence electrons. The minimum absolute atomic E-state index is 0.188. The van der Waals surface area contributed by atoms with Crippen molar-refractivity contribution < 1.29 is 4.79 Å². The summed E-state index contributed by atoms with van der Waals surface area (Å²) < 4.78 is 0. The summed E-state index contributed by atoms with van der Waals surface area (Å²) in [6.07, 6.45) is 7.41. The summed E-state index contributed by atoms with van der Waals surface area (Å²) in [6, 6.07) is 1.08. The summed E-state index contributed by atoms with van der Waals surface area (Å²) in [4.78, 5) is 14.3. The molecule has 2 aliphatic heterocycles. The molecule has 2 heterocycles. The molecule has 4 heteroatoms. The fourth-order valence-corrected chi connectivity index (χ4v) is 3.61. The predicted molar refractivity (Wildman–Crippen MR) is 66.9 cm³/mol. The van der Waals surface area contributed by atoms with Crippen LogP contribution in [0.1, 0.15) is 38.5 Å². The highest BCUT2D eigenvalue weighted by Gasteiger charge is 2.40. The Kier molecular flexibility index (Phi) is 3.23. The second-order valence-corrected chi connectivity index (χ2v) is 5.75. The number of fused-ring (bicyclic) bond motifs is 1. The van der Waals surface area contributed by atoms with Gasteiger partial charge >= 0.3 is 6.03 Å². The monoisotopic (exact) mass is 237 g/mol. The number of nitrogens with zero attached hydrogens (tertiary/aromatic N) is 1. The molecule has 0 aromatic rings. The third-order valence-electron chi connectivity index (χ3n) is 4.64. The average Bonchev–Trinajstić information content (AvgIpc) is 2.91. The Morgan fingerprint density at radius 3 is 2.76 bits per heavy atom. The number of nitrogens with one attached hydrogen (secondary N) is 2. The number of hydrogen-bond donors (Lipinski definition) is 2. The Hall–Kier alpha value is -0.770. The highest BCUT2D eigenvalue weighted by atomic mass is 16.2. The predicted octanol–water partition coefficient (Wildman–Crippen LogP) is 1.32. The van der Waals surface area contributed by atoms with Crippen LogP contribution in [0.4, 0.5) is 4.79 Å². The fourth-order valence-electron chi connectivity index (χ4n) is 3.61. The number of likely N-dealkylation sites (tertiary alicyclic amines) is 1. The van der Waals surface area contributed by atoms with Crippen molar-refractivity contribution in [3.63, 3.8) is 0 Å². The van der Waals surface area contributed by atoms with E-state index in [9.17, 15) is 4.79 Å². The zero-order valence-electron chi connectivity index (χ0n) is 10.5. The summed E-state index contributed by atoms with van der Waals surface area (Å²) in [7, 11) is 0. The molecule has 2 atom stereocenters. The first-order valence-electron chi connectivity index (χ1n) is 7.12. The summed E-state index contributed by atoms with van der Waals surface area (Å²) in [5.74, 6) is 0.701. The van der Waals surface area contributed by atoms with E-state index in [2.05, 4.69) is 15.5 Å². The number of carbonyl (C=O) groups is 1. The number of rotatable bonds is 1. The number of hydrogen-bond acceptors (Lipinski definition) is 2. The molecule has 0 spiro atoms. The van der Waals surface area contributed by atoms with Crippen LogP contribution in [0.3, 0.4) is 0 Å².